The van der Waals surface area contributed by atoms with E-state index >= 15 is 0 Å². The molecule has 0 saturated heterocycles. The maximum absolute atomic E-state index is 4.47. The zero-order chi connectivity index (χ0) is 13.5. The third kappa shape index (κ3) is 3.59. The van der Waals surface area contributed by atoms with Gasteiger partial charge in [-0.15, -0.1) is 0 Å². The predicted octanol–water partition coefficient (Wildman–Crippen LogP) is 3.27. The third-order valence-electron chi connectivity index (χ3n) is 2.99. The van der Waals surface area contributed by atoms with Crippen LogP contribution in [0, 0.1) is 0 Å². The summed E-state index contributed by atoms with van der Waals surface area (Å²) in [5, 5.41) is 3.33. The van der Waals surface area contributed by atoms with Crippen molar-refractivity contribution in [3.8, 4) is 0 Å². The predicted molar refractivity (Wildman–Crippen MR) is 78.5 cm³/mol. The van der Waals surface area contributed by atoms with Crippen molar-refractivity contribution in [2.45, 2.75) is 46.5 Å². The summed E-state index contributed by atoms with van der Waals surface area (Å²) in [4.78, 5) is 11.1. The molecule has 0 aliphatic carbocycles. The molecule has 0 radical (unpaired) electrons. The van der Waals surface area contributed by atoms with Crippen molar-refractivity contribution in [1.82, 2.24) is 9.97 Å². The van der Waals surface area contributed by atoms with E-state index in [9.17, 15) is 0 Å². The molecule has 1 N–H and O–H groups in total. The molecule has 18 heavy (non-hydrogen) atoms. The van der Waals surface area contributed by atoms with Gasteiger partial charge >= 0.3 is 0 Å². The number of anilines is 2. The zero-order valence-electron chi connectivity index (χ0n) is 12.3. The van der Waals surface area contributed by atoms with E-state index in [4.69, 9.17) is 0 Å². The second-order valence-electron chi connectivity index (χ2n) is 4.92. The molecule has 1 aromatic rings. The molecular weight excluding hydrogens is 224 g/mol. The number of hydrogen-bond acceptors (Lipinski definition) is 4. The molecule has 0 amide bonds. The van der Waals surface area contributed by atoms with E-state index in [1.165, 1.54) is 18.4 Å². The molecule has 0 saturated carbocycles. The summed E-state index contributed by atoms with van der Waals surface area (Å²) >= 11 is 0. The van der Waals surface area contributed by atoms with Gasteiger partial charge in [0.15, 0.2) is 0 Å². The number of nitrogens with one attached hydrogen (secondary N) is 1. The standard InChI is InChI=1S/C14H26N4/c1-6-8-9-18(5)14-12(11(3)4)13(15-7-2)16-10-17-14/h10-11H,6-9H2,1-5H3,(H,15,16,17). The largest absolute Gasteiger partial charge is 0.370 e. The number of aromatic nitrogens is 2. The maximum atomic E-state index is 4.47. The van der Waals surface area contributed by atoms with E-state index in [-0.39, 0.29) is 0 Å². The van der Waals surface area contributed by atoms with Crippen LogP contribution in [0.5, 0.6) is 0 Å². The lowest BCUT2D eigenvalue weighted by Gasteiger charge is -2.24. The minimum absolute atomic E-state index is 0.416. The molecule has 4 heteroatoms. The summed E-state index contributed by atoms with van der Waals surface area (Å²) in [5.41, 5.74) is 1.22. The van der Waals surface area contributed by atoms with Crippen LogP contribution in [0.1, 0.15) is 52.0 Å². The smallest absolute Gasteiger partial charge is 0.137 e. The molecule has 0 spiro atoms. The highest BCUT2D eigenvalue weighted by atomic mass is 15.2. The van der Waals surface area contributed by atoms with Crippen molar-refractivity contribution < 1.29 is 0 Å². The summed E-state index contributed by atoms with van der Waals surface area (Å²) < 4.78 is 0. The molecule has 4 nitrogen and oxygen atoms in total. The SMILES string of the molecule is CCCCN(C)c1ncnc(NCC)c1C(C)C. The van der Waals surface area contributed by atoms with Gasteiger partial charge in [0.1, 0.15) is 18.0 Å². The van der Waals surface area contributed by atoms with Crippen molar-refractivity contribution in [3.63, 3.8) is 0 Å². The number of rotatable bonds is 7. The van der Waals surface area contributed by atoms with Crippen LogP contribution in [0.2, 0.25) is 0 Å². The van der Waals surface area contributed by atoms with Crippen LogP contribution >= 0.6 is 0 Å². The van der Waals surface area contributed by atoms with E-state index < -0.39 is 0 Å². The van der Waals surface area contributed by atoms with Crippen LogP contribution in [-0.2, 0) is 0 Å². The van der Waals surface area contributed by atoms with Crippen LogP contribution in [0.4, 0.5) is 11.6 Å². The highest BCUT2D eigenvalue weighted by molar-refractivity contribution is 5.59. The summed E-state index contributed by atoms with van der Waals surface area (Å²) in [7, 11) is 2.11. The molecule has 0 fully saturated rings. The third-order valence-corrected chi connectivity index (χ3v) is 2.99. The van der Waals surface area contributed by atoms with Gasteiger partial charge in [-0.05, 0) is 19.3 Å². The van der Waals surface area contributed by atoms with Crippen LogP contribution in [0.15, 0.2) is 6.33 Å². The Kier molecular flexibility index (Phi) is 5.89. The molecule has 102 valence electrons. The first-order valence-electron chi connectivity index (χ1n) is 6.91. The fraction of sp³-hybridized carbons (Fsp3) is 0.714. The molecule has 0 bridgehead atoms. The van der Waals surface area contributed by atoms with E-state index in [0.29, 0.717) is 5.92 Å². The molecule has 0 aliphatic heterocycles. The first-order valence-corrected chi connectivity index (χ1v) is 6.91. The summed E-state index contributed by atoms with van der Waals surface area (Å²) in [5.74, 6) is 2.45. The van der Waals surface area contributed by atoms with Crippen molar-refractivity contribution in [2.75, 3.05) is 30.4 Å². The van der Waals surface area contributed by atoms with E-state index in [1.807, 2.05) is 0 Å². The molecule has 0 aromatic carbocycles. The molecule has 0 atom stereocenters. The maximum Gasteiger partial charge on any atom is 0.137 e. The van der Waals surface area contributed by atoms with Gasteiger partial charge in [0.05, 0.1) is 0 Å². The van der Waals surface area contributed by atoms with Gasteiger partial charge in [-0.1, -0.05) is 27.2 Å². The van der Waals surface area contributed by atoms with Gasteiger partial charge in [-0.3, -0.25) is 0 Å². The Morgan fingerprint density at radius 1 is 1.28 bits per heavy atom. The number of nitrogens with zero attached hydrogens (tertiary/aromatic N) is 3. The molecule has 1 heterocycles. The lowest BCUT2D eigenvalue weighted by atomic mass is 10.0. The monoisotopic (exact) mass is 250 g/mol. The van der Waals surface area contributed by atoms with Crippen molar-refractivity contribution >= 4 is 11.6 Å². The molecular formula is C14H26N4. The molecule has 0 unspecified atom stereocenters. The van der Waals surface area contributed by atoms with Crippen LogP contribution in [-0.4, -0.2) is 30.1 Å². The van der Waals surface area contributed by atoms with E-state index in [0.717, 1.165) is 24.7 Å². The Morgan fingerprint density at radius 3 is 2.56 bits per heavy atom. The van der Waals surface area contributed by atoms with Crippen LogP contribution in [0.25, 0.3) is 0 Å². The van der Waals surface area contributed by atoms with Crippen LogP contribution < -0.4 is 10.2 Å². The molecule has 1 aromatic heterocycles. The van der Waals surface area contributed by atoms with Crippen molar-refractivity contribution in [3.05, 3.63) is 11.9 Å². The first kappa shape index (κ1) is 14.7. The highest BCUT2D eigenvalue weighted by Crippen LogP contribution is 2.30. The summed E-state index contributed by atoms with van der Waals surface area (Å²) in [6.07, 6.45) is 4.04. The van der Waals surface area contributed by atoms with Crippen molar-refractivity contribution in [2.24, 2.45) is 0 Å². The minimum Gasteiger partial charge on any atom is -0.370 e. The van der Waals surface area contributed by atoms with Gasteiger partial charge < -0.3 is 10.2 Å². The van der Waals surface area contributed by atoms with Crippen molar-refractivity contribution in [1.29, 1.82) is 0 Å². The van der Waals surface area contributed by atoms with Gasteiger partial charge in [-0.25, -0.2) is 9.97 Å². The number of unbranched alkanes of at least 4 members (excludes halogenated alkanes) is 1. The average Bonchev–Trinajstić information content (AvgIpc) is 2.35. The topological polar surface area (TPSA) is 41.1 Å². The summed E-state index contributed by atoms with van der Waals surface area (Å²) in [6.45, 7) is 10.6. The fourth-order valence-electron chi connectivity index (χ4n) is 2.03. The molecule has 1 rings (SSSR count). The Hall–Kier alpha value is -1.32. The zero-order valence-corrected chi connectivity index (χ0v) is 12.3. The van der Waals surface area contributed by atoms with Gasteiger partial charge in [0.25, 0.3) is 0 Å². The van der Waals surface area contributed by atoms with E-state index in [1.54, 1.807) is 6.33 Å². The normalized spacial score (nSPS) is 10.8. The van der Waals surface area contributed by atoms with Gasteiger partial charge in [-0.2, -0.15) is 0 Å². The first-order chi connectivity index (χ1) is 8.61. The molecule has 0 aliphatic rings. The Balaban J connectivity index is 3.05. The highest BCUT2D eigenvalue weighted by Gasteiger charge is 2.17. The Bertz CT molecular complexity index is 363. The Labute approximate surface area is 111 Å². The number of hydrogen-bond donors (Lipinski definition) is 1. The average molecular weight is 250 g/mol. The second kappa shape index (κ2) is 7.19. The van der Waals surface area contributed by atoms with Gasteiger partial charge in [0, 0.05) is 25.7 Å². The quantitative estimate of drug-likeness (QED) is 0.806. The fourth-order valence-corrected chi connectivity index (χ4v) is 2.03. The van der Waals surface area contributed by atoms with Crippen LogP contribution in [0.3, 0.4) is 0 Å². The Morgan fingerprint density at radius 2 is 2.00 bits per heavy atom. The lowest BCUT2D eigenvalue weighted by molar-refractivity contribution is 0.744. The summed E-state index contributed by atoms with van der Waals surface area (Å²) in [6, 6.07) is 0. The lowest BCUT2D eigenvalue weighted by Crippen LogP contribution is -2.22. The minimum atomic E-state index is 0.416. The van der Waals surface area contributed by atoms with Gasteiger partial charge in [0.2, 0.25) is 0 Å². The second-order valence-corrected chi connectivity index (χ2v) is 4.92. The van der Waals surface area contributed by atoms with E-state index in [2.05, 4.69) is 54.9 Å².